The molecule has 7 heteroatoms. The van der Waals surface area contributed by atoms with Gasteiger partial charge in [-0.3, -0.25) is 0 Å². The van der Waals surface area contributed by atoms with Gasteiger partial charge in [-0.05, 0) is 63.6 Å². The van der Waals surface area contributed by atoms with E-state index in [2.05, 4.69) is 22.0 Å². The Balaban J connectivity index is 0.00000103. The van der Waals surface area contributed by atoms with E-state index in [1.165, 1.54) is 63.3 Å². The molecule has 2 fully saturated rings. The molecule has 1 saturated carbocycles. The first-order valence-electron chi connectivity index (χ1n) is 12.7. The summed E-state index contributed by atoms with van der Waals surface area (Å²) >= 11 is 0. The maximum Gasteiger partial charge on any atom is 0.136 e. The number of aromatic nitrogens is 1. The molecule has 1 saturated heterocycles. The zero-order valence-electron chi connectivity index (χ0n) is 20.8. The van der Waals surface area contributed by atoms with Crippen LogP contribution in [0.1, 0.15) is 89.7 Å². The van der Waals surface area contributed by atoms with E-state index < -0.39 is 6.23 Å². The van der Waals surface area contributed by atoms with Gasteiger partial charge in [0.1, 0.15) is 12.0 Å². The molecule has 0 spiro atoms. The Labute approximate surface area is 196 Å². The number of fused-ring (bicyclic) bond motifs is 1. The minimum absolute atomic E-state index is 0. The molecular formula is C25H49N5O2. The Bertz CT molecular complexity index is 670. The number of aliphatic hydroxyl groups is 1. The summed E-state index contributed by atoms with van der Waals surface area (Å²) in [6, 6.07) is 3.11. The van der Waals surface area contributed by atoms with Crippen LogP contribution in [0.15, 0.2) is 6.07 Å². The minimum Gasteiger partial charge on any atom is -0.378 e. The van der Waals surface area contributed by atoms with Crippen LogP contribution < -0.4 is 21.7 Å². The largest absolute Gasteiger partial charge is 0.378 e. The normalized spacial score (nSPS) is 24.4. The van der Waals surface area contributed by atoms with Gasteiger partial charge in [-0.1, -0.05) is 33.1 Å². The molecule has 4 rings (SSSR count). The number of rotatable bonds is 5. The van der Waals surface area contributed by atoms with Gasteiger partial charge in [0, 0.05) is 45.0 Å². The molecule has 32 heavy (non-hydrogen) atoms. The fourth-order valence-corrected chi connectivity index (χ4v) is 5.22. The first-order chi connectivity index (χ1) is 15.7. The number of anilines is 1. The van der Waals surface area contributed by atoms with Crippen molar-refractivity contribution in [2.75, 3.05) is 32.1 Å². The molecule has 2 heterocycles. The molecule has 7 nitrogen and oxygen atoms in total. The number of nitrogens with one attached hydrogen (secondary N) is 1. The molecule has 0 aromatic carbocycles. The van der Waals surface area contributed by atoms with Crippen LogP contribution in [0.2, 0.25) is 0 Å². The molecular weight excluding hydrogens is 402 g/mol. The fourth-order valence-electron chi connectivity index (χ4n) is 5.22. The molecule has 2 aliphatic carbocycles. The van der Waals surface area contributed by atoms with Crippen molar-refractivity contribution in [3.05, 3.63) is 22.9 Å². The number of hydrogen-bond acceptors (Lipinski definition) is 7. The van der Waals surface area contributed by atoms with Gasteiger partial charge in [0.2, 0.25) is 0 Å². The van der Waals surface area contributed by atoms with Gasteiger partial charge in [0.05, 0.1) is 6.10 Å². The van der Waals surface area contributed by atoms with Gasteiger partial charge < -0.3 is 31.5 Å². The second-order valence-electron chi connectivity index (χ2n) is 8.78. The number of aliphatic hydroxyl groups excluding tert-OH is 1. The minimum atomic E-state index is -0.992. The Morgan fingerprint density at radius 3 is 2.47 bits per heavy atom. The van der Waals surface area contributed by atoms with Crippen LogP contribution in [0.25, 0.3) is 0 Å². The van der Waals surface area contributed by atoms with E-state index in [-0.39, 0.29) is 7.53 Å². The number of hydrogen-bond donors (Lipinski definition) is 4. The van der Waals surface area contributed by atoms with Gasteiger partial charge in [-0.25, -0.2) is 4.98 Å². The average Bonchev–Trinajstić information content (AvgIpc) is 2.86. The van der Waals surface area contributed by atoms with Crippen LogP contribution in [-0.2, 0) is 17.6 Å². The van der Waals surface area contributed by atoms with Crippen molar-refractivity contribution in [2.45, 2.75) is 102 Å². The zero-order chi connectivity index (χ0) is 23.5. The van der Waals surface area contributed by atoms with Gasteiger partial charge in [0.25, 0.3) is 0 Å². The second kappa shape index (κ2) is 14.1. The fraction of sp³-hybridized carbons (Fsp3) is 0.800. The lowest BCUT2D eigenvalue weighted by atomic mass is 9.92. The number of ether oxygens (including phenoxy) is 1. The molecule has 1 aliphatic heterocycles. The average molecular weight is 452 g/mol. The van der Waals surface area contributed by atoms with Gasteiger partial charge in [-0.15, -0.1) is 0 Å². The lowest BCUT2D eigenvalue weighted by Gasteiger charge is -2.41. The molecule has 1 aromatic heterocycles. The quantitative estimate of drug-likeness (QED) is 0.509. The topological polar surface area (TPSA) is 110 Å². The molecule has 0 bridgehead atoms. The van der Waals surface area contributed by atoms with E-state index in [1.807, 2.05) is 21.0 Å². The molecule has 3 unspecified atom stereocenters. The van der Waals surface area contributed by atoms with Crippen molar-refractivity contribution in [3.63, 3.8) is 0 Å². The van der Waals surface area contributed by atoms with E-state index >= 15 is 0 Å². The van der Waals surface area contributed by atoms with Crippen LogP contribution in [0.4, 0.5) is 5.82 Å². The smallest absolute Gasteiger partial charge is 0.136 e. The maximum atomic E-state index is 10.2. The second-order valence-corrected chi connectivity index (χ2v) is 8.78. The highest BCUT2D eigenvalue weighted by atomic mass is 16.5. The Morgan fingerprint density at radius 2 is 1.81 bits per heavy atom. The Morgan fingerprint density at radius 1 is 1.12 bits per heavy atom. The summed E-state index contributed by atoms with van der Waals surface area (Å²) < 4.78 is 5.88. The number of piperidine rings is 1. The maximum absolute atomic E-state index is 10.2. The van der Waals surface area contributed by atoms with Crippen molar-refractivity contribution < 1.29 is 11.3 Å². The van der Waals surface area contributed by atoms with Crippen LogP contribution >= 0.6 is 0 Å². The van der Waals surface area contributed by atoms with Crippen molar-refractivity contribution in [1.29, 1.82) is 0 Å². The molecule has 186 valence electrons. The highest BCUT2D eigenvalue weighted by Crippen LogP contribution is 2.31. The third-order valence-electron chi connectivity index (χ3n) is 6.84. The van der Waals surface area contributed by atoms with Crippen molar-refractivity contribution in [3.8, 4) is 0 Å². The van der Waals surface area contributed by atoms with Gasteiger partial charge >= 0.3 is 0 Å². The van der Waals surface area contributed by atoms with Crippen LogP contribution in [0, 0.1) is 0 Å². The van der Waals surface area contributed by atoms with Crippen molar-refractivity contribution >= 4 is 5.82 Å². The van der Waals surface area contributed by atoms with Gasteiger partial charge in [-0.2, -0.15) is 0 Å². The number of aryl methyl sites for hydroxylation is 2. The van der Waals surface area contributed by atoms with Crippen molar-refractivity contribution in [2.24, 2.45) is 11.5 Å². The standard InChI is InChI=1S/C22H36N4O2.C2H6.CH5N.H2/c1-28-20-14-26(12-11-19(20)24-16-8-3-2-4-9-16)22-17(21(23)27)13-15-7-5-6-10-18(15)25-22;2*1-2;/h13,16,19-21,24,27H,2-12,14,23H2,1H3;1-2H3;2H2,1H3;1H. The number of nitrogens with zero attached hydrogens (tertiary/aromatic N) is 2. The first kappa shape index (κ1) is 27.0. The molecule has 3 aliphatic rings. The monoisotopic (exact) mass is 451 g/mol. The molecule has 3 atom stereocenters. The SMILES string of the molecule is CC.CN.COC1CN(c2nc3c(cc2C(N)O)CCCC3)CCC1NC1CCCCC1.[HH]. The highest BCUT2D eigenvalue weighted by Gasteiger charge is 2.33. The van der Waals surface area contributed by atoms with E-state index in [0.29, 0.717) is 12.1 Å². The third-order valence-corrected chi connectivity index (χ3v) is 6.84. The lowest BCUT2D eigenvalue weighted by Crippen LogP contribution is -2.56. The lowest BCUT2D eigenvalue weighted by molar-refractivity contribution is 0.0531. The molecule has 0 radical (unpaired) electrons. The molecule has 6 N–H and O–H groups in total. The number of pyridine rings is 1. The first-order valence-corrected chi connectivity index (χ1v) is 12.7. The van der Waals surface area contributed by atoms with Crippen molar-refractivity contribution in [1.82, 2.24) is 10.3 Å². The zero-order valence-corrected chi connectivity index (χ0v) is 20.8. The summed E-state index contributed by atoms with van der Waals surface area (Å²) in [6.07, 6.45) is 11.2. The van der Waals surface area contributed by atoms with E-state index in [4.69, 9.17) is 15.5 Å². The van der Waals surface area contributed by atoms with Gasteiger partial charge in [0.15, 0.2) is 0 Å². The van der Waals surface area contributed by atoms with E-state index in [1.54, 1.807) is 0 Å². The number of nitrogens with two attached hydrogens (primary N) is 2. The molecule has 1 aromatic rings. The van der Waals surface area contributed by atoms with Crippen LogP contribution in [0.5, 0.6) is 0 Å². The summed E-state index contributed by atoms with van der Waals surface area (Å²) in [7, 11) is 3.31. The summed E-state index contributed by atoms with van der Waals surface area (Å²) in [6.45, 7) is 5.70. The Hall–Kier alpha value is -1.25. The van der Waals surface area contributed by atoms with E-state index in [0.717, 1.165) is 43.7 Å². The summed E-state index contributed by atoms with van der Waals surface area (Å²) in [5, 5.41) is 14.1. The van der Waals surface area contributed by atoms with Crippen LogP contribution in [-0.4, -0.2) is 55.5 Å². The third kappa shape index (κ3) is 6.87. The summed E-state index contributed by atoms with van der Waals surface area (Å²) in [4.78, 5) is 7.25. The van der Waals surface area contributed by atoms with E-state index in [9.17, 15) is 5.11 Å². The Kier molecular flexibility index (Phi) is 11.9. The highest BCUT2D eigenvalue weighted by molar-refractivity contribution is 5.52. The number of methoxy groups -OCH3 is 1. The summed E-state index contributed by atoms with van der Waals surface area (Å²) in [5.74, 6) is 0.855. The molecule has 0 amide bonds. The summed E-state index contributed by atoms with van der Waals surface area (Å²) in [5.41, 5.74) is 13.6. The van der Waals surface area contributed by atoms with Crippen LogP contribution in [0.3, 0.4) is 0 Å². The predicted molar refractivity (Wildman–Crippen MR) is 135 cm³/mol. The predicted octanol–water partition coefficient (Wildman–Crippen LogP) is 3.27.